The summed E-state index contributed by atoms with van der Waals surface area (Å²) in [7, 11) is 3.93. The Morgan fingerprint density at radius 2 is 1.72 bits per heavy atom. The average Bonchev–Trinajstić information content (AvgIpc) is 2.39. The molecule has 0 aliphatic carbocycles. The predicted octanol–water partition coefficient (Wildman–Crippen LogP) is 4.00. The Morgan fingerprint density at radius 1 is 1.06 bits per heavy atom. The van der Waals surface area contributed by atoms with E-state index in [1.165, 1.54) is 0 Å². The maximum absolute atomic E-state index is 11.3. The molecule has 0 fully saturated rings. The van der Waals surface area contributed by atoms with Crippen molar-refractivity contribution in [3.05, 3.63) is 53.1 Å². The molecule has 2 rings (SSSR count). The first-order valence-electron chi connectivity index (χ1n) is 5.76. The van der Waals surface area contributed by atoms with Crippen molar-refractivity contribution >= 4 is 17.3 Å². The minimum absolute atomic E-state index is 0.223. The van der Waals surface area contributed by atoms with Crippen molar-refractivity contribution < 1.29 is 5.11 Å². The van der Waals surface area contributed by atoms with E-state index in [0.717, 1.165) is 22.4 Å². The van der Waals surface area contributed by atoms with Gasteiger partial charge in [0.25, 0.3) is 0 Å². The van der Waals surface area contributed by atoms with Gasteiger partial charge in [-0.3, -0.25) is 0 Å². The Hall–Kier alpha value is -1.51. The van der Waals surface area contributed by atoms with Gasteiger partial charge in [-0.1, -0.05) is 29.8 Å². The van der Waals surface area contributed by atoms with Gasteiger partial charge >= 0.3 is 0 Å². The Bertz CT molecular complexity index is 535. The molecule has 2 nitrogen and oxygen atoms in total. The van der Waals surface area contributed by atoms with Gasteiger partial charge in [0.1, 0.15) is 6.61 Å². The zero-order valence-electron chi connectivity index (χ0n) is 10.5. The molecular weight excluding hydrogens is 246 g/mol. The Balaban J connectivity index is 2.47. The van der Waals surface area contributed by atoms with Crippen molar-refractivity contribution in [3.63, 3.8) is 0 Å². The molecule has 0 saturated heterocycles. The fourth-order valence-electron chi connectivity index (χ4n) is 1.89. The summed E-state index contributed by atoms with van der Waals surface area (Å²) in [6.45, 7) is -0.223. The third kappa shape index (κ3) is 2.66. The standard InChI is InChI=1S/C15H15ClNO/c1-17(2)14-7-8-15(12(9-14)10-18)11-3-5-13(16)6-4-11/h3-9H,10H2,1-2H3. The SMILES string of the molecule is CN(C)c1ccc(-c2ccc(Cl)cc2)c(C[O])c1. The van der Waals surface area contributed by atoms with Crippen LogP contribution in [0.5, 0.6) is 0 Å². The number of hydrogen-bond acceptors (Lipinski definition) is 1. The van der Waals surface area contributed by atoms with Crippen molar-refractivity contribution in [2.75, 3.05) is 19.0 Å². The van der Waals surface area contributed by atoms with Crippen LogP contribution in [-0.2, 0) is 11.7 Å². The van der Waals surface area contributed by atoms with Crippen LogP contribution in [-0.4, -0.2) is 14.1 Å². The molecular formula is C15H15ClNO. The minimum atomic E-state index is -0.223. The summed E-state index contributed by atoms with van der Waals surface area (Å²) in [5, 5.41) is 12.0. The molecule has 93 valence electrons. The van der Waals surface area contributed by atoms with Crippen LogP contribution in [0.25, 0.3) is 11.1 Å². The maximum Gasteiger partial charge on any atom is 0.108 e. The highest BCUT2D eigenvalue weighted by Gasteiger charge is 2.07. The van der Waals surface area contributed by atoms with E-state index in [0.29, 0.717) is 5.02 Å². The first kappa shape index (κ1) is 12.9. The fourth-order valence-corrected chi connectivity index (χ4v) is 2.01. The molecule has 0 aliphatic heterocycles. The molecule has 3 heteroatoms. The molecule has 0 aliphatic rings. The molecule has 2 aromatic rings. The van der Waals surface area contributed by atoms with E-state index in [1.54, 1.807) is 0 Å². The van der Waals surface area contributed by atoms with Crippen LogP contribution >= 0.6 is 11.6 Å². The van der Waals surface area contributed by atoms with E-state index in [9.17, 15) is 5.11 Å². The van der Waals surface area contributed by atoms with Crippen molar-refractivity contribution in [2.24, 2.45) is 0 Å². The van der Waals surface area contributed by atoms with Crippen LogP contribution in [0.2, 0.25) is 5.02 Å². The first-order valence-corrected chi connectivity index (χ1v) is 6.14. The molecule has 0 heterocycles. The van der Waals surface area contributed by atoms with Gasteiger partial charge in [-0.05, 0) is 41.0 Å². The fraction of sp³-hybridized carbons (Fsp3) is 0.200. The van der Waals surface area contributed by atoms with Gasteiger partial charge < -0.3 is 4.90 Å². The first-order chi connectivity index (χ1) is 8.61. The maximum atomic E-state index is 11.3. The molecule has 18 heavy (non-hydrogen) atoms. The normalized spacial score (nSPS) is 10.4. The van der Waals surface area contributed by atoms with Crippen LogP contribution in [0.1, 0.15) is 5.56 Å². The summed E-state index contributed by atoms with van der Waals surface area (Å²) in [5.74, 6) is 0. The lowest BCUT2D eigenvalue weighted by atomic mass is 9.99. The molecule has 1 radical (unpaired) electrons. The van der Waals surface area contributed by atoms with E-state index < -0.39 is 0 Å². The molecule has 0 atom stereocenters. The summed E-state index contributed by atoms with van der Waals surface area (Å²) in [4.78, 5) is 1.99. The van der Waals surface area contributed by atoms with Gasteiger partial charge in [0.15, 0.2) is 0 Å². The average molecular weight is 261 g/mol. The number of benzene rings is 2. The zero-order valence-corrected chi connectivity index (χ0v) is 11.2. The predicted molar refractivity (Wildman–Crippen MR) is 75.6 cm³/mol. The van der Waals surface area contributed by atoms with Gasteiger partial charge in [-0.25, -0.2) is 5.11 Å². The lowest BCUT2D eigenvalue weighted by Crippen LogP contribution is -2.09. The smallest absolute Gasteiger partial charge is 0.108 e. The monoisotopic (exact) mass is 260 g/mol. The largest absolute Gasteiger partial charge is 0.378 e. The number of hydrogen-bond donors (Lipinski definition) is 0. The van der Waals surface area contributed by atoms with Crippen LogP contribution in [0.3, 0.4) is 0 Å². The van der Waals surface area contributed by atoms with Crippen molar-refractivity contribution in [1.82, 2.24) is 0 Å². The van der Waals surface area contributed by atoms with Crippen LogP contribution < -0.4 is 4.90 Å². The van der Waals surface area contributed by atoms with Gasteiger partial charge in [0, 0.05) is 24.8 Å². The summed E-state index contributed by atoms with van der Waals surface area (Å²) >= 11 is 5.87. The summed E-state index contributed by atoms with van der Waals surface area (Å²) in [6, 6.07) is 13.5. The molecule has 0 bridgehead atoms. The van der Waals surface area contributed by atoms with Crippen LogP contribution in [0.15, 0.2) is 42.5 Å². The molecule has 0 spiro atoms. The molecule has 0 unspecified atom stereocenters. The van der Waals surface area contributed by atoms with Gasteiger partial charge in [0.05, 0.1) is 0 Å². The second-order valence-corrected chi connectivity index (χ2v) is 4.82. The zero-order chi connectivity index (χ0) is 13.1. The number of halogens is 1. The second-order valence-electron chi connectivity index (χ2n) is 4.39. The van der Waals surface area contributed by atoms with Gasteiger partial charge in [-0.15, -0.1) is 0 Å². The Labute approximate surface area is 112 Å². The lowest BCUT2D eigenvalue weighted by Gasteiger charge is -2.15. The summed E-state index contributed by atoms with van der Waals surface area (Å²) < 4.78 is 0. The number of anilines is 1. The van der Waals surface area contributed by atoms with E-state index in [4.69, 9.17) is 11.6 Å². The van der Waals surface area contributed by atoms with Crippen LogP contribution in [0, 0.1) is 0 Å². The van der Waals surface area contributed by atoms with E-state index >= 15 is 0 Å². The molecule has 0 amide bonds. The molecule has 0 aromatic heterocycles. The third-order valence-electron chi connectivity index (χ3n) is 2.92. The van der Waals surface area contributed by atoms with E-state index in [2.05, 4.69) is 0 Å². The summed E-state index contributed by atoms with van der Waals surface area (Å²) in [5.41, 5.74) is 3.85. The van der Waals surface area contributed by atoms with E-state index in [-0.39, 0.29) is 6.61 Å². The number of nitrogens with zero attached hydrogens (tertiary/aromatic N) is 1. The quantitative estimate of drug-likeness (QED) is 0.818. The third-order valence-corrected chi connectivity index (χ3v) is 3.17. The highest BCUT2D eigenvalue weighted by atomic mass is 35.5. The molecule has 0 saturated carbocycles. The minimum Gasteiger partial charge on any atom is -0.378 e. The topological polar surface area (TPSA) is 23.1 Å². The van der Waals surface area contributed by atoms with Gasteiger partial charge in [-0.2, -0.15) is 0 Å². The Kier molecular flexibility index (Phi) is 3.90. The van der Waals surface area contributed by atoms with Gasteiger partial charge in [0.2, 0.25) is 0 Å². The Morgan fingerprint density at radius 3 is 2.28 bits per heavy atom. The van der Waals surface area contributed by atoms with Crippen molar-refractivity contribution in [2.45, 2.75) is 6.61 Å². The summed E-state index contributed by atoms with van der Waals surface area (Å²) in [6.07, 6.45) is 0. The molecule has 0 N–H and O–H groups in total. The highest BCUT2D eigenvalue weighted by molar-refractivity contribution is 6.30. The highest BCUT2D eigenvalue weighted by Crippen LogP contribution is 2.28. The van der Waals surface area contributed by atoms with Crippen molar-refractivity contribution in [1.29, 1.82) is 0 Å². The van der Waals surface area contributed by atoms with Crippen LogP contribution in [0.4, 0.5) is 5.69 Å². The van der Waals surface area contributed by atoms with Crippen molar-refractivity contribution in [3.8, 4) is 11.1 Å². The second kappa shape index (κ2) is 5.42. The van der Waals surface area contributed by atoms with E-state index in [1.807, 2.05) is 61.5 Å². The lowest BCUT2D eigenvalue weighted by molar-refractivity contribution is 0.178. The molecule has 2 aromatic carbocycles. The number of rotatable bonds is 3.